The van der Waals surface area contributed by atoms with Crippen LogP contribution in [0.2, 0.25) is 0 Å². The highest BCUT2D eigenvalue weighted by molar-refractivity contribution is 6.33. The van der Waals surface area contributed by atoms with Crippen LogP contribution in [-0.4, -0.2) is 22.3 Å². The molecule has 0 unspecified atom stereocenters. The van der Waals surface area contributed by atoms with E-state index in [4.69, 9.17) is 10.0 Å². The van der Waals surface area contributed by atoms with E-state index in [0.717, 1.165) is 6.07 Å². The van der Waals surface area contributed by atoms with Crippen LogP contribution in [0, 0.1) is 17.0 Å². The van der Waals surface area contributed by atoms with Gasteiger partial charge in [0.05, 0.1) is 11.0 Å². The van der Waals surface area contributed by atoms with Crippen LogP contribution in [-0.2, 0) is 0 Å². The topological polar surface area (TPSA) is 92.8 Å². The molecule has 0 aliphatic rings. The molecule has 0 aromatic heterocycles. The van der Waals surface area contributed by atoms with E-state index in [1.807, 2.05) is 0 Å². The number of non-ortho nitro benzene ring substituents is 1. The summed E-state index contributed by atoms with van der Waals surface area (Å²) in [7, 11) is -1.98. The lowest BCUT2D eigenvalue weighted by atomic mass is 10.1. The van der Waals surface area contributed by atoms with Crippen molar-refractivity contribution >= 4 is 13.0 Å². The van der Waals surface area contributed by atoms with Crippen molar-refractivity contribution in [2.24, 2.45) is 0 Å². The zero-order valence-electron chi connectivity index (χ0n) is 7.38. The molecule has 0 heterocycles. The van der Waals surface area contributed by atoms with Crippen molar-refractivity contribution in [2.45, 2.75) is 6.92 Å². The second-order valence-corrected chi connectivity index (χ2v) is 2.65. The van der Waals surface area contributed by atoms with Gasteiger partial charge in [0.25, 0.3) is 5.69 Å². The Balaban J connectivity index is 3.02. The van der Waals surface area contributed by atoms with E-state index in [0.29, 0.717) is 5.56 Å². The second kappa shape index (κ2) is 4.08. The number of rotatable bonds is 3. The average molecular weight is 197 g/mol. The molecule has 1 aromatic rings. The summed E-state index contributed by atoms with van der Waals surface area (Å²) in [4.78, 5) is 9.79. The van der Waals surface area contributed by atoms with Gasteiger partial charge in [-0.2, -0.15) is 0 Å². The Morgan fingerprint density at radius 1 is 1.50 bits per heavy atom. The predicted molar refractivity (Wildman–Crippen MR) is 48.7 cm³/mol. The monoisotopic (exact) mass is 197 g/mol. The predicted octanol–water partition coefficient (Wildman–Crippen LogP) is 0.252. The maximum atomic E-state index is 10.4. The number of nitrogens with zero attached hydrogens (tertiary/aromatic N) is 1. The lowest BCUT2D eigenvalue weighted by Gasteiger charge is -2.06. The van der Waals surface area contributed by atoms with E-state index in [9.17, 15) is 10.1 Å². The van der Waals surface area contributed by atoms with E-state index >= 15 is 0 Å². The van der Waals surface area contributed by atoms with Gasteiger partial charge >= 0.3 is 7.32 Å². The number of hydrogen-bond donors (Lipinski definition) is 2. The van der Waals surface area contributed by atoms with Gasteiger partial charge in [-0.05, 0) is 18.6 Å². The number of hydrogen-bond acceptors (Lipinski definition) is 5. The Kier molecular flexibility index (Phi) is 3.05. The van der Waals surface area contributed by atoms with Crippen molar-refractivity contribution in [1.29, 1.82) is 0 Å². The molecule has 0 saturated heterocycles. The minimum atomic E-state index is -1.98. The maximum absolute atomic E-state index is 10.4. The van der Waals surface area contributed by atoms with Gasteiger partial charge in [-0.15, -0.1) is 0 Å². The van der Waals surface area contributed by atoms with E-state index in [1.165, 1.54) is 12.1 Å². The first kappa shape index (κ1) is 10.5. The van der Waals surface area contributed by atoms with Crippen LogP contribution in [0.4, 0.5) is 5.69 Å². The molecule has 7 heteroatoms. The lowest BCUT2D eigenvalue weighted by molar-refractivity contribution is -0.384. The summed E-state index contributed by atoms with van der Waals surface area (Å²) < 4.78 is 4.54. The fraction of sp³-hybridized carbons (Fsp3) is 0.143. The van der Waals surface area contributed by atoms with Gasteiger partial charge in [0, 0.05) is 6.07 Å². The van der Waals surface area contributed by atoms with Crippen LogP contribution in [0.3, 0.4) is 0 Å². The number of aryl methyl sites for hydroxylation is 1. The summed E-state index contributed by atoms with van der Waals surface area (Å²) in [5, 5.41) is 27.4. The Morgan fingerprint density at radius 3 is 2.64 bits per heavy atom. The standard InChI is InChI=1S/C7H8BNO5/c1-5-2-3-6(9(12)13)4-7(5)14-8(10)11/h2-4,10-11H,1H3. The van der Waals surface area contributed by atoms with E-state index < -0.39 is 12.2 Å². The Morgan fingerprint density at radius 2 is 2.14 bits per heavy atom. The fourth-order valence-electron chi connectivity index (χ4n) is 0.943. The van der Waals surface area contributed by atoms with Gasteiger partial charge in [0.2, 0.25) is 0 Å². The molecule has 0 saturated carbocycles. The molecule has 0 bridgehead atoms. The molecule has 0 radical (unpaired) electrons. The summed E-state index contributed by atoms with van der Waals surface area (Å²) in [6.45, 7) is 1.64. The molecular weight excluding hydrogens is 189 g/mol. The van der Waals surface area contributed by atoms with Gasteiger partial charge in [0.15, 0.2) is 0 Å². The number of nitro groups is 1. The molecule has 0 atom stereocenters. The average Bonchev–Trinajstić information content (AvgIpc) is 2.07. The normalized spacial score (nSPS) is 9.64. The van der Waals surface area contributed by atoms with Crippen LogP contribution in [0.5, 0.6) is 5.75 Å². The quantitative estimate of drug-likeness (QED) is 0.411. The third-order valence-corrected chi connectivity index (χ3v) is 1.61. The summed E-state index contributed by atoms with van der Waals surface area (Å²) in [5.74, 6) is 0.0780. The molecule has 0 aliphatic heterocycles. The largest absolute Gasteiger partial charge is 0.707 e. The number of nitro benzene ring substituents is 1. The molecule has 0 amide bonds. The van der Waals surface area contributed by atoms with Crippen molar-refractivity contribution in [3.63, 3.8) is 0 Å². The van der Waals surface area contributed by atoms with Crippen molar-refractivity contribution in [2.75, 3.05) is 0 Å². The zero-order valence-corrected chi connectivity index (χ0v) is 7.38. The van der Waals surface area contributed by atoms with Gasteiger partial charge in [-0.25, -0.2) is 0 Å². The van der Waals surface area contributed by atoms with Crippen LogP contribution < -0.4 is 4.65 Å². The highest BCUT2D eigenvalue weighted by Gasteiger charge is 2.15. The molecular formula is C7H8BNO5. The lowest BCUT2D eigenvalue weighted by Crippen LogP contribution is -2.21. The Labute approximate surface area is 80.1 Å². The van der Waals surface area contributed by atoms with E-state index in [-0.39, 0.29) is 11.4 Å². The van der Waals surface area contributed by atoms with Crippen molar-refractivity contribution in [1.82, 2.24) is 0 Å². The van der Waals surface area contributed by atoms with Gasteiger partial charge in [-0.1, -0.05) is 0 Å². The second-order valence-electron chi connectivity index (χ2n) is 2.65. The SMILES string of the molecule is Cc1ccc([N+](=O)[O-])cc1OB(O)O. The van der Waals surface area contributed by atoms with Crippen LogP contribution in [0.15, 0.2) is 18.2 Å². The molecule has 6 nitrogen and oxygen atoms in total. The first-order chi connectivity index (χ1) is 6.50. The molecule has 2 N–H and O–H groups in total. The molecule has 0 aliphatic carbocycles. The smallest absolute Gasteiger partial charge is 0.512 e. The maximum Gasteiger partial charge on any atom is 0.707 e. The summed E-state index contributed by atoms with van der Waals surface area (Å²) in [6.07, 6.45) is 0. The minimum absolute atomic E-state index is 0.0780. The summed E-state index contributed by atoms with van der Waals surface area (Å²) >= 11 is 0. The molecule has 0 fully saturated rings. The molecule has 14 heavy (non-hydrogen) atoms. The van der Waals surface area contributed by atoms with Crippen molar-refractivity contribution in [3.05, 3.63) is 33.9 Å². The number of benzene rings is 1. The van der Waals surface area contributed by atoms with Gasteiger partial charge < -0.3 is 14.7 Å². The van der Waals surface area contributed by atoms with Gasteiger partial charge in [-0.3, -0.25) is 10.1 Å². The third kappa shape index (κ3) is 2.44. The highest BCUT2D eigenvalue weighted by Crippen LogP contribution is 2.23. The first-order valence-corrected chi connectivity index (χ1v) is 3.78. The zero-order chi connectivity index (χ0) is 10.7. The molecule has 74 valence electrons. The molecule has 1 rings (SSSR count). The van der Waals surface area contributed by atoms with Crippen molar-refractivity contribution < 1.29 is 19.6 Å². The molecule has 1 aromatic carbocycles. The first-order valence-electron chi connectivity index (χ1n) is 3.78. The summed E-state index contributed by atoms with van der Waals surface area (Å²) in [5.41, 5.74) is 0.426. The minimum Gasteiger partial charge on any atom is -0.512 e. The van der Waals surface area contributed by atoms with Crippen molar-refractivity contribution in [3.8, 4) is 5.75 Å². The van der Waals surface area contributed by atoms with E-state index in [2.05, 4.69) is 4.65 Å². The summed E-state index contributed by atoms with van der Waals surface area (Å²) in [6, 6.07) is 3.91. The van der Waals surface area contributed by atoms with Crippen LogP contribution in [0.1, 0.15) is 5.56 Å². The van der Waals surface area contributed by atoms with Crippen LogP contribution >= 0.6 is 0 Å². The Bertz CT molecular complexity index is 354. The third-order valence-electron chi connectivity index (χ3n) is 1.61. The highest BCUT2D eigenvalue weighted by atomic mass is 16.6. The van der Waals surface area contributed by atoms with Crippen LogP contribution in [0.25, 0.3) is 0 Å². The van der Waals surface area contributed by atoms with E-state index in [1.54, 1.807) is 6.92 Å². The van der Waals surface area contributed by atoms with Gasteiger partial charge in [0.1, 0.15) is 5.75 Å². The molecule has 0 spiro atoms. The fourth-order valence-corrected chi connectivity index (χ4v) is 0.943. The Hall–Kier alpha value is -1.60.